The average molecular weight is 763 g/mol. The van der Waals surface area contributed by atoms with Crippen LogP contribution in [0.2, 0.25) is 0 Å². The molecule has 3 atom stereocenters. The second-order valence-corrected chi connectivity index (χ2v) is 13.2. The van der Waals surface area contributed by atoms with Crippen LogP contribution in [0.15, 0.2) is 146 Å². The Morgan fingerprint density at radius 2 is 1.21 bits per heavy atom. The summed E-state index contributed by atoms with van der Waals surface area (Å²) < 4.78 is 26.0. The van der Waals surface area contributed by atoms with Crippen molar-refractivity contribution in [1.29, 1.82) is 0 Å². The fourth-order valence-corrected chi connectivity index (χ4v) is 6.96. The lowest BCUT2D eigenvalue weighted by Gasteiger charge is -2.38. The van der Waals surface area contributed by atoms with Crippen molar-refractivity contribution in [3.05, 3.63) is 174 Å². The molecule has 0 radical (unpaired) electrons. The second-order valence-electron chi connectivity index (χ2n) is 13.2. The predicted molar refractivity (Wildman–Crippen MR) is 212 cm³/mol. The first-order valence-electron chi connectivity index (χ1n) is 18.2. The lowest BCUT2D eigenvalue weighted by atomic mass is 9.79. The fourth-order valence-electron chi connectivity index (χ4n) is 6.96. The van der Waals surface area contributed by atoms with Crippen LogP contribution in [0.1, 0.15) is 43.6 Å². The Hall–Kier alpha value is -6.93. The smallest absolute Gasteiger partial charge is 0.258 e. The first kappa shape index (κ1) is 37.0. The summed E-state index contributed by atoms with van der Waals surface area (Å²) in [6.45, 7) is -0.00726. The minimum Gasteiger partial charge on any atom is -0.497 e. The van der Waals surface area contributed by atoms with Crippen LogP contribution in [-0.2, 0) is 15.1 Å². The number of anilines is 2. The van der Waals surface area contributed by atoms with Crippen molar-refractivity contribution >= 4 is 34.7 Å². The van der Waals surface area contributed by atoms with Gasteiger partial charge in [-0.05, 0) is 65.2 Å². The van der Waals surface area contributed by atoms with E-state index < -0.39 is 35.9 Å². The molecular weight excluding hydrogens is 725 g/mol. The Bertz CT molecular complexity index is 2430. The third-order valence-corrected chi connectivity index (χ3v) is 9.83. The molecule has 1 aliphatic rings. The molecule has 0 unspecified atom stereocenters. The normalized spacial score (nSPS) is 16.6. The van der Waals surface area contributed by atoms with Crippen LogP contribution in [0.25, 0.3) is 11.2 Å². The minimum atomic E-state index is -1.25. The summed E-state index contributed by atoms with van der Waals surface area (Å²) in [6, 6.07) is 42.2. The summed E-state index contributed by atoms with van der Waals surface area (Å²) in [7, 11) is 3.22. The number of imidazole rings is 1. The van der Waals surface area contributed by atoms with Crippen molar-refractivity contribution in [1.82, 2.24) is 19.5 Å². The number of rotatable bonds is 12. The molecule has 0 saturated carbocycles. The van der Waals surface area contributed by atoms with Gasteiger partial charge in [-0.15, -0.1) is 0 Å². The van der Waals surface area contributed by atoms with Gasteiger partial charge in [0.25, 0.3) is 11.8 Å². The van der Waals surface area contributed by atoms with Gasteiger partial charge in [0.2, 0.25) is 5.95 Å². The molecule has 2 aromatic heterocycles. The quantitative estimate of drug-likeness (QED) is 0.116. The number of hydrogen-bond acceptors (Lipinski definition) is 10. The van der Waals surface area contributed by atoms with Crippen molar-refractivity contribution in [3.8, 4) is 11.5 Å². The molecule has 57 heavy (non-hydrogen) atoms. The highest BCUT2D eigenvalue weighted by Crippen LogP contribution is 2.45. The van der Waals surface area contributed by atoms with Crippen LogP contribution in [-0.4, -0.2) is 69.5 Å². The summed E-state index contributed by atoms with van der Waals surface area (Å²) in [5.74, 6) is 0.411. The number of carbonyl (C=O) groups is 2. The van der Waals surface area contributed by atoms with E-state index in [-0.39, 0.29) is 29.5 Å². The zero-order valence-electron chi connectivity index (χ0n) is 31.0. The van der Waals surface area contributed by atoms with Gasteiger partial charge in [0.1, 0.15) is 29.3 Å². The molecule has 8 rings (SSSR count). The van der Waals surface area contributed by atoms with Gasteiger partial charge in [-0.3, -0.25) is 19.5 Å². The van der Waals surface area contributed by atoms with E-state index in [9.17, 15) is 14.7 Å². The number of amides is 2. The van der Waals surface area contributed by atoms with Crippen LogP contribution in [0.4, 0.5) is 11.8 Å². The number of fused-ring (bicyclic) bond motifs is 1. The molecule has 0 aliphatic carbocycles. The van der Waals surface area contributed by atoms with Gasteiger partial charge in [0, 0.05) is 11.1 Å². The molecule has 1 aliphatic heterocycles. The monoisotopic (exact) mass is 762 g/mol. The van der Waals surface area contributed by atoms with Crippen LogP contribution >= 0.6 is 0 Å². The molecule has 1 saturated heterocycles. The molecule has 2 amide bonds. The number of carbonyl (C=O) groups excluding carboxylic acids is 2. The minimum absolute atomic E-state index is 0.00726. The summed E-state index contributed by atoms with van der Waals surface area (Å²) in [6.07, 6.45) is -1.71. The molecule has 0 bridgehead atoms. The van der Waals surface area contributed by atoms with Gasteiger partial charge in [0.05, 0.1) is 27.2 Å². The number of methoxy groups -OCH3 is 2. The number of benzene rings is 5. The molecule has 7 aromatic rings. The fraction of sp³-hybridized carbons (Fsp3) is 0.159. The standard InChI is InChI=1S/C44H38N6O7/c1-54-33-22-18-31(19-23-33)44(30-16-10-5-11-17-30,32-20-24-34(55-2)25-21-32)57-35-26-56-42(37(35)51)50-27-45-36-38(46-40(52)28-12-6-3-7-13-28)47-43(48-39(36)50)49-41(53)29-14-8-4-9-15-29/h3-25,27,35,37,42,51H,26H2,1-2H3,(H2,46,47,48,49,52,53)/t35-,37+,42+/m0/s1. The van der Waals surface area contributed by atoms with Gasteiger partial charge >= 0.3 is 0 Å². The van der Waals surface area contributed by atoms with Crippen LogP contribution in [0.3, 0.4) is 0 Å². The lowest BCUT2D eigenvalue weighted by molar-refractivity contribution is -0.0899. The molecule has 1 fully saturated rings. The van der Waals surface area contributed by atoms with E-state index in [1.165, 1.54) is 6.33 Å². The number of nitrogens with one attached hydrogen (secondary N) is 2. The number of ether oxygens (including phenoxy) is 4. The van der Waals surface area contributed by atoms with Crippen LogP contribution in [0.5, 0.6) is 11.5 Å². The highest BCUT2D eigenvalue weighted by Gasteiger charge is 2.47. The van der Waals surface area contributed by atoms with Crippen molar-refractivity contribution in [2.75, 3.05) is 31.5 Å². The van der Waals surface area contributed by atoms with Gasteiger partial charge in [0.15, 0.2) is 23.2 Å². The maximum Gasteiger partial charge on any atom is 0.258 e. The molecule has 286 valence electrons. The zero-order chi connectivity index (χ0) is 39.4. The van der Waals surface area contributed by atoms with Crippen LogP contribution < -0.4 is 20.1 Å². The molecule has 3 N–H and O–H groups in total. The van der Waals surface area contributed by atoms with Crippen LogP contribution in [0, 0.1) is 0 Å². The molecule has 3 heterocycles. The summed E-state index contributed by atoms with van der Waals surface area (Å²) in [4.78, 5) is 40.3. The van der Waals surface area contributed by atoms with E-state index in [4.69, 9.17) is 18.9 Å². The molecular formula is C44H38N6O7. The molecule has 0 spiro atoms. The number of aliphatic hydroxyl groups excluding tert-OH is 1. The Kier molecular flexibility index (Phi) is 10.4. The summed E-state index contributed by atoms with van der Waals surface area (Å²) in [5.41, 5.74) is 2.34. The van der Waals surface area contributed by atoms with Gasteiger partial charge < -0.3 is 29.4 Å². The van der Waals surface area contributed by atoms with Gasteiger partial charge in [-0.2, -0.15) is 9.97 Å². The number of hydrogen-bond donors (Lipinski definition) is 3. The molecule has 13 nitrogen and oxygen atoms in total. The van der Waals surface area contributed by atoms with Gasteiger partial charge in [-0.1, -0.05) is 91.0 Å². The van der Waals surface area contributed by atoms with Gasteiger partial charge in [-0.25, -0.2) is 4.98 Å². The zero-order valence-corrected chi connectivity index (χ0v) is 31.0. The molecule has 5 aromatic carbocycles. The van der Waals surface area contributed by atoms with Crippen molar-refractivity contribution < 1.29 is 33.6 Å². The van der Waals surface area contributed by atoms with E-state index >= 15 is 0 Å². The topological polar surface area (TPSA) is 159 Å². The third-order valence-electron chi connectivity index (χ3n) is 9.83. The number of aliphatic hydroxyl groups is 1. The average Bonchev–Trinajstić information content (AvgIpc) is 3.86. The highest BCUT2D eigenvalue weighted by atomic mass is 16.6. The van der Waals surface area contributed by atoms with Crippen molar-refractivity contribution in [3.63, 3.8) is 0 Å². The van der Waals surface area contributed by atoms with E-state index in [0.717, 1.165) is 16.7 Å². The van der Waals surface area contributed by atoms with Crippen molar-refractivity contribution in [2.45, 2.75) is 24.0 Å². The van der Waals surface area contributed by atoms with E-state index in [2.05, 4.69) is 25.6 Å². The lowest BCUT2D eigenvalue weighted by Crippen LogP contribution is -2.41. The first-order valence-corrected chi connectivity index (χ1v) is 18.2. The number of aromatic nitrogens is 4. The summed E-state index contributed by atoms with van der Waals surface area (Å²) in [5, 5.41) is 17.7. The van der Waals surface area contributed by atoms with E-state index in [1.54, 1.807) is 79.5 Å². The Morgan fingerprint density at radius 1 is 0.702 bits per heavy atom. The maximum atomic E-state index is 13.3. The second kappa shape index (κ2) is 16.0. The third kappa shape index (κ3) is 7.30. The summed E-state index contributed by atoms with van der Waals surface area (Å²) >= 11 is 0. The van der Waals surface area contributed by atoms with Crippen molar-refractivity contribution in [2.24, 2.45) is 0 Å². The Morgan fingerprint density at radius 3 is 1.75 bits per heavy atom. The first-order chi connectivity index (χ1) is 27.9. The largest absolute Gasteiger partial charge is 0.497 e. The Balaban J connectivity index is 1.18. The maximum absolute atomic E-state index is 13.3. The predicted octanol–water partition coefficient (Wildman–Crippen LogP) is 6.62. The highest BCUT2D eigenvalue weighted by molar-refractivity contribution is 6.08. The number of nitrogens with zero attached hydrogens (tertiary/aromatic N) is 4. The Labute approximate surface area is 327 Å². The SMILES string of the molecule is COc1ccc(C(O[C@H]2CO[C@@H](n3cnc4c(NC(=O)c5ccccc5)nc(NC(=O)c5ccccc5)nc43)[C@@H]2O)(c2ccccc2)c2ccc(OC)cc2)cc1. The van der Waals surface area contributed by atoms with E-state index in [0.29, 0.717) is 22.6 Å². The van der Waals surface area contributed by atoms with E-state index in [1.807, 2.05) is 78.9 Å². The molecule has 13 heteroatoms.